The molecule has 3 nitrogen and oxygen atoms in total. The minimum atomic E-state index is -0.0165. The molecule has 0 radical (unpaired) electrons. The fraction of sp³-hybridized carbons (Fsp3) is 0.250. The summed E-state index contributed by atoms with van der Waals surface area (Å²) in [7, 11) is 0. The van der Waals surface area contributed by atoms with E-state index in [2.05, 4.69) is 4.57 Å². The molecule has 0 bridgehead atoms. The van der Waals surface area contributed by atoms with Crippen molar-refractivity contribution in [2.24, 2.45) is 0 Å². The summed E-state index contributed by atoms with van der Waals surface area (Å²) < 4.78 is 2.10. The molecule has 0 spiro atoms. The third-order valence-electron chi connectivity index (χ3n) is 4.47. The second-order valence-electron chi connectivity index (χ2n) is 5.79. The lowest BCUT2D eigenvalue weighted by molar-refractivity contribution is 0.103. The molecule has 2 aromatic carbocycles. The van der Waals surface area contributed by atoms with E-state index in [0.717, 1.165) is 28.6 Å². The molecule has 0 aliphatic rings. The number of carbonyl (C=O) groups excluding carboxylic acids is 1. The Kier molecular flexibility index (Phi) is 4.30. The largest absolute Gasteiger partial charge is 0.394 e. The maximum absolute atomic E-state index is 13.0. The second-order valence-corrected chi connectivity index (χ2v) is 5.79. The molecule has 3 heteroatoms. The van der Waals surface area contributed by atoms with Crippen molar-refractivity contribution in [2.45, 2.75) is 26.3 Å². The van der Waals surface area contributed by atoms with Crippen LogP contribution in [0, 0.1) is 6.92 Å². The van der Waals surface area contributed by atoms with Crippen molar-refractivity contribution in [1.29, 1.82) is 0 Å². The van der Waals surface area contributed by atoms with Gasteiger partial charge in [0.2, 0.25) is 0 Å². The van der Waals surface area contributed by atoms with E-state index in [-0.39, 0.29) is 18.4 Å². The number of hydrogen-bond donors (Lipinski definition) is 1. The molecular formula is C20H21NO2. The van der Waals surface area contributed by atoms with E-state index in [1.165, 1.54) is 0 Å². The number of carbonyl (C=O) groups is 1. The van der Waals surface area contributed by atoms with Crippen molar-refractivity contribution < 1.29 is 9.90 Å². The molecule has 118 valence electrons. The Hall–Kier alpha value is -2.39. The number of nitrogens with zero attached hydrogens (tertiary/aromatic N) is 1. The highest BCUT2D eigenvalue weighted by Gasteiger charge is 2.23. The smallest absolute Gasteiger partial charge is 0.195 e. The normalized spacial score (nSPS) is 12.5. The van der Waals surface area contributed by atoms with Gasteiger partial charge in [-0.2, -0.15) is 0 Å². The summed E-state index contributed by atoms with van der Waals surface area (Å²) in [5.74, 6) is 0.0332. The second kappa shape index (κ2) is 6.39. The topological polar surface area (TPSA) is 42.2 Å². The lowest BCUT2D eigenvalue weighted by Gasteiger charge is -2.18. The number of rotatable bonds is 5. The fourth-order valence-electron chi connectivity index (χ4n) is 3.28. The Balaban J connectivity index is 2.26. The molecule has 0 saturated heterocycles. The number of ketones is 1. The van der Waals surface area contributed by atoms with E-state index in [4.69, 9.17) is 0 Å². The number of hydrogen-bond acceptors (Lipinski definition) is 2. The van der Waals surface area contributed by atoms with E-state index in [0.29, 0.717) is 5.56 Å². The van der Waals surface area contributed by atoms with Crippen molar-refractivity contribution in [3.05, 3.63) is 71.4 Å². The maximum atomic E-state index is 13.0. The van der Waals surface area contributed by atoms with Gasteiger partial charge >= 0.3 is 0 Å². The first kappa shape index (κ1) is 15.5. The third kappa shape index (κ3) is 2.57. The van der Waals surface area contributed by atoms with Crippen LogP contribution >= 0.6 is 0 Å². The number of para-hydroxylation sites is 1. The van der Waals surface area contributed by atoms with Crippen LogP contribution in [0.4, 0.5) is 0 Å². The Bertz CT molecular complexity index is 829. The summed E-state index contributed by atoms with van der Waals surface area (Å²) in [6.45, 7) is 4.08. The van der Waals surface area contributed by atoms with Crippen LogP contribution in [-0.2, 0) is 0 Å². The molecule has 1 atom stereocenters. The van der Waals surface area contributed by atoms with Crippen LogP contribution in [0.5, 0.6) is 0 Å². The highest BCUT2D eigenvalue weighted by Crippen LogP contribution is 2.31. The standard InChI is InChI=1S/C20H21NO2/c1-3-16(13-22)21-14(2)19(17-11-7-8-12-18(17)21)20(23)15-9-5-4-6-10-15/h4-12,16,22H,3,13H2,1-2H3. The molecule has 0 fully saturated rings. The van der Waals surface area contributed by atoms with Crippen LogP contribution in [0.2, 0.25) is 0 Å². The molecule has 1 N–H and O–H groups in total. The van der Waals surface area contributed by atoms with Crippen molar-refractivity contribution in [3.63, 3.8) is 0 Å². The van der Waals surface area contributed by atoms with Gasteiger partial charge in [-0.25, -0.2) is 0 Å². The highest BCUT2D eigenvalue weighted by atomic mass is 16.3. The van der Waals surface area contributed by atoms with E-state index in [1.54, 1.807) is 0 Å². The van der Waals surface area contributed by atoms with Gasteiger partial charge in [-0.3, -0.25) is 4.79 Å². The van der Waals surface area contributed by atoms with Gasteiger partial charge in [0.15, 0.2) is 5.78 Å². The van der Waals surface area contributed by atoms with Crippen molar-refractivity contribution in [3.8, 4) is 0 Å². The van der Waals surface area contributed by atoms with Crippen LogP contribution < -0.4 is 0 Å². The number of benzene rings is 2. The Morgan fingerprint density at radius 2 is 1.74 bits per heavy atom. The van der Waals surface area contributed by atoms with Gasteiger partial charge in [0.1, 0.15) is 0 Å². The predicted molar refractivity (Wildman–Crippen MR) is 93.0 cm³/mol. The summed E-state index contributed by atoms with van der Waals surface area (Å²) >= 11 is 0. The van der Waals surface area contributed by atoms with E-state index < -0.39 is 0 Å². The minimum Gasteiger partial charge on any atom is -0.394 e. The Morgan fingerprint density at radius 3 is 2.39 bits per heavy atom. The molecule has 23 heavy (non-hydrogen) atoms. The van der Waals surface area contributed by atoms with Gasteiger partial charge in [0, 0.05) is 22.2 Å². The zero-order chi connectivity index (χ0) is 16.4. The summed E-state index contributed by atoms with van der Waals surface area (Å²) in [6, 6.07) is 17.3. The van der Waals surface area contributed by atoms with E-state index in [1.807, 2.05) is 68.4 Å². The summed E-state index contributed by atoms with van der Waals surface area (Å²) in [4.78, 5) is 13.0. The van der Waals surface area contributed by atoms with Crippen molar-refractivity contribution >= 4 is 16.7 Å². The number of aliphatic hydroxyl groups is 1. The molecular weight excluding hydrogens is 286 g/mol. The van der Waals surface area contributed by atoms with Gasteiger partial charge in [0.05, 0.1) is 18.2 Å². The zero-order valence-electron chi connectivity index (χ0n) is 13.5. The Morgan fingerprint density at radius 1 is 1.09 bits per heavy atom. The summed E-state index contributed by atoms with van der Waals surface area (Å²) in [6.07, 6.45) is 0.814. The fourth-order valence-corrected chi connectivity index (χ4v) is 3.28. The molecule has 1 unspecified atom stereocenters. The van der Waals surface area contributed by atoms with Gasteiger partial charge < -0.3 is 9.67 Å². The van der Waals surface area contributed by atoms with Crippen LogP contribution in [0.3, 0.4) is 0 Å². The SMILES string of the molecule is CCC(CO)n1c(C)c(C(=O)c2ccccc2)c2ccccc21. The molecule has 3 rings (SSSR count). The summed E-state index contributed by atoms with van der Waals surface area (Å²) in [5.41, 5.74) is 3.35. The van der Waals surface area contributed by atoms with Gasteiger partial charge in [-0.05, 0) is 19.4 Å². The van der Waals surface area contributed by atoms with Crippen LogP contribution in [0.15, 0.2) is 54.6 Å². The first-order valence-electron chi connectivity index (χ1n) is 7.99. The highest BCUT2D eigenvalue weighted by molar-refractivity contribution is 6.17. The predicted octanol–water partition coefficient (Wildman–Crippen LogP) is 4.12. The maximum Gasteiger partial charge on any atom is 0.195 e. The molecule has 0 aliphatic heterocycles. The zero-order valence-corrected chi connectivity index (χ0v) is 13.5. The molecule has 0 saturated carbocycles. The molecule has 0 amide bonds. The first-order valence-corrected chi connectivity index (χ1v) is 7.99. The monoisotopic (exact) mass is 307 g/mol. The first-order chi connectivity index (χ1) is 11.2. The number of aromatic nitrogens is 1. The van der Waals surface area contributed by atoms with E-state index >= 15 is 0 Å². The van der Waals surface area contributed by atoms with Gasteiger partial charge in [0.25, 0.3) is 0 Å². The quantitative estimate of drug-likeness (QED) is 0.720. The molecule has 1 aromatic heterocycles. The Labute approximate surface area is 136 Å². The third-order valence-corrected chi connectivity index (χ3v) is 4.47. The van der Waals surface area contributed by atoms with Gasteiger partial charge in [-0.1, -0.05) is 55.5 Å². The van der Waals surface area contributed by atoms with Crippen LogP contribution in [-0.4, -0.2) is 22.1 Å². The van der Waals surface area contributed by atoms with Crippen LogP contribution in [0.25, 0.3) is 10.9 Å². The number of aliphatic hydroxyl groups excluding tert-OH is 1. The average Bonchev–Trinajstić information content (AvgIpc) is 2.89. The van der Waals surface area contributed by atoms with Crippen LogP contribution in [0.1, 0.15) is 41.0 Å². The molecule has 0 aliphatic carbocycles. The summed E-state index contributed by atoms with van der Waals surface area (Å²) in [5, 5.41) is 10.7. The number of fused-ring (bicyclic) bond motifs is 1. The van der Waals surface area contributed by atoms with E-state index in [9.17, 15) is 9.90 Å². The molecule has 3 aromatic rings. The van der Waals surface area contributed by atoms with Crippen molar-refractivity contribution in [1.82, 2.24) is 4.57 Å². The van der Waals surface area contributed by atoms with Crippen molar-refractivity contribution in [2.75, 3.05) is 6.61 Å². The minimum absolute atomic E-state index is 0.0165. The lowest BCUT2D eigenvalue weighted by atomic mass is 10.0. The van der Waals surface area contributed by atoms with Gasteiger partial charge in [-0.15, -0.1) is 0 Å². The average molecular weight is 307 g/mol. The molecule has 1 heterocycles. The lowest BCUT2D eigenvalue weighted by Crippen LogP contribution is -2.14.